The number of hydrogen-bond donors (Lipinski definition) is 1. The highest BCUT2D eigenvalue weighted by molar-refractivity contribution is 7.92. The van der Waals surface area contributed by atoms with Crippen LogP contribution in [0.2, 0.25) is 0 Å². The lowest BCUT2D eigenvalue weighted by molar-refractivity contribution is -0.0493. The van der Waals surface area contributed by atoms with Crippen molar-refractivity contribution in [3.05, 3.63) is 53.1 Å². The smallest absolute Gasteiger partial charge is 0.387 e. The first-order valence-corrected chi connectivity index (χ1v) is 8.33. The van der Waals surface area contributed by atoms with Gasteiger partial charge in [0.15, 0.2) is 0 Å². The van der Waals surface area contributed by atoms with E-state index in [9.17, 15) is 17.2 Å². The van der Waals surface area contributed by atoms with Crippen LogP contribution >= 0.6 is 0 Å². The van der Waals surface area contributed by atoms with Crippen LogP contribution in [-0.2, 0) is 10.0 Å². The maximum atomic E-state index is 12.6. The number of nitrogens with one attached hydrogen (secondary N) is 1. The molecule has 0 radical (unpaired) electrons. The lowest BCUT2D eigenvalue weighted by atomic mass is 10.1. The van der Waals surface area contributed by atoms with E-state index in [0.717, 1.165) is 5.56 Å². The Morgan fingerprint density at radius 2 is 1.61 bits per heavy atom. The van der Waals surface area contributed by atoms with Crippen molar-refractivity contribution in [1.29, 1.82) is 0 Å². The van der Waals surface area contributed by atoms with Gasteiger partial charge in [0.25, 0.3) is 10.0 Å². The minimum Gasteiger partial charge on any atom is -0.433 e. The zero-order valence-electron chi connectivity index (χ0n) is 12.9. The van der Waals surface area contributed by atoms with Crippen molar-refractivity contribution in [1.82, 2.24) is 0 Å². The van der Waals surface area contributed by atoms with Crippen molar-refractivity contribution in [2.45, 2.75) is 32.3 Å². The second-order valence-electron chi connectivity index (χ2n) is 5.21. The Morgan fingerprint density at radius 3 is 2.17 bits per heavy atom. The van der Waals surface area contributed by atoms with Gasteiger partial charge < -0.3 is 4.74 Å². The molecule has 0 aliphatic rings. The number of ether oxygens (including phenoxy) is 1. The van der Waals surface area contributed by atoms with Crippen LogP contribution in [0.15, 0.2) is 41.3 Å². The zero-order valence-corrected chi connectivity index (χ0v) is 13.7. The molecule has 23 heavy (non-hydrogen) atoms. The first kappa shape index (κ1) is 17.2. The monoisotopic (exact) mass is 341 g/mol. The average Bonchev–Trinajstić information content (AvgIpc) is 2.38. The molecule has 0 amide bonds. The Labute approximate surface area is 134 Å². The van der Waals surface area contributed by atoms with Crippen molar-refractivity contribution in [2.24, 2.45) is 0 Å². The number of sulfonamides is 1. The van der Waals surface area contributed by atoms with Gasteiger partial charge in [-0.1, -0.05) is 29.8 Å². The van der Waals surface area contributed by atoms with Crippen LogP contribution in [0.4, 0.5) is 14.5 Å². The van der Waals surface area contributed by atoms with E-state index >= 15 is 0 Å². The fourth-order valence-corrected chi connectivity index (χ4v) is 4.06. The normalized spacial score (nSPS) is 11.6. The van der Waals surface area contributed by atoms with Crippen molar-refractivity contribution < 1.29 is 21.9 Å². The molecule has 4 nitrogen and oxygen atoms in total. The van der Waals surface area contributed by atoms with Gasteiger partial charge in [0, 0.05) is 0 Å². The Hall–Kier alpha value is -2.15. The summed E-state index contributed by atoms with van der Waals surface area (Å²) in [4.78, 5) is 0.134. The van der Waals surface area contributed by atoms with Gasteiger partial charge in [-0.15, -0.1) is 0 Å². The third-order valence-electron chi connectivity index (χ3n) is 3.22. The summed E-state index contributed by atoms with van der Waals surface area (Å²) in [5.74, 6) is -0.228. The summed E-state index contributed by atoms with van der Waals surface area (Å²) in [5.41, 5.74) is 2.08. The quantitative estimate of drug-likeness (QED) is 0.894. The molecule has 0 saturated heterocycles. The van der Waals surface area contributed by atoms with Gasteiger partial charge in [-0.3, -0.25) is 4.72 Å². The lowest BCUT2D eigenvalue weighted by Gasteiger charge is -2.16. The molecule has 0 saturated carbocycles. The molecule has 0 aromatic heterocycles. The van der Waals surface area contributed by atoms with Crippen molar-refractivity contribution >= 4 is 15.7 Å². The summed E-state index contributed by atoms with van der Waals surface area (Å²) in [6.45, 7) is 2.21. The van der Waals surface area contributed by atoms with Gasteiger partial charge in [-0.05, 0) is 44.0 Å². The number of hydrogen-bond acceptors (Lipinski definition) is 3. The summed E-state index contributed by atoms with van der Waals surface area (Å²) in [5, 5.41) is 0. The van der Waals surface area contributed by atoms with Crippen molar-refractivity contribution in [3.63, 3.8) is 0 Å². The topological polar surface area (TPSA) is 55.4 Å². The summed E-state index contributed by atoms with van der Waals surface area (Å²) >= 11 is 0. The van der Waals surface area contributed by atoms with Crippen LogP contribution in [0.25, 0.3) is 0 Å². The van der Waals surface area contributed by atoms with Gasteiger partial charge in [-0.2, -0.15) is 8.78 Å². The minimum atomic E-state index is -3.92. The third-order valence-corrected chi connectivity index (χ3v) is 4.89. The highest BCUT2D eigenvalue weighted by Gasteiger charge is 2.22. The zero-order chi connectivity index (χ0) is 17.2. The number of para-hydroxylation sites is 2. The molecule has 0 spiro atoms. The lowest BCUT2D eigenvalue weighted by Crippen LogP contribution is -2.17. The highest BCUT2D eigenvalue weighted by Crippen LogP contribution is 2.30. The predicted molar refractivity (Wildman–Crippen MR) is 84.5 cm³/mol. The second-order valence-corrected chi connectivity index (χ2v) is 6.83. The molecule has 0 atom stereocenters. The van der Waals surface area contributed by atoms with E-state index in [0.29, 0.717) is 11.1 Å². The van der Waals surface area contributed by atoms with Gasteiger partial charge in [-0.25, -0.2) is 8.42 Å². The maximum Gasteiger partial charge on any atom is 0.387 e. The molecular weight excluding hydrogens is 324 g/mol. The molecule has 2 aromatic carbocycles. The summed E-state index contributed by atoms with van der Waals surface area (Å²) in [6, 6.07) is 9.17. The molecule has 2 aromatic rings. The third kappa shape index (κ3) is 3.98. The van der Waals surface area contributed by atoms with E-state index in [-0.39, 0.29) is 16.3 Å². The van der Waals surface area contributed by atoms with Crippen molar-refractivity contribution in [3.8, 4) is 5.75 Å². The van der Waals surface area contributed by atoms with Crippen LogP contribution in [0.3, 0.4) is 0 Å². The largest absolute Gasteiger partial charge is 0.433 e. The van der Waals surface area contributed by atoms with Crippen LogP contribution in [0.1, 0.15) is 16.7 Å². The SMILES string of the molecule is Cc1cc(C)c(S(=O)(=O)Nc2ccccc2OC(F)F)c(C)c1. The van der Waals surface area contributed by atoms with E-state index < -0.39 is 16.6 Å². The molecule has 124 valence electrons. The highest BCUT2D eigenvalue weighted by atomic mass is 32.2. The molecule has 0 unspecified atom stereocenters. The van der Waals surface area contributed by atoms with Crippen LogP contribution < -0.4 is 9.46 Å². The molecule has 0 bridgehead atoms. The molecule has 0 aliphatic carbocycles. The summed E-state index contributed by atoms with van der Waals surface area (Å²) in [7, 11) is -3.92. The fourth-order valence-electron chi connectivity index (χ4n) is 2.54. The molecule has 0 fully saturated rings. The number of anilines is 1. The first-order valence-electron chi connectivity index (χ1n) is 6.85. The second kappa shape index (κ2) is 6.54. The summed E-state index contributed by atoms with van der Waals surface area (Å²) < 4.78 is 56.8. The minimum absolute atomic E-state index is 0.0350. The molecule has 0 aliphatic heterocycles. The van der Waals surface area contributed by atoms with Gasteiger partial charge in [0.2, 0.25) is 0 Å². The van der Waals surface area contributed by atoms with E-state index in [1.54, 1.807) is 26.0 Å². The summed E-state index contributed by atoms with van der Waals surface area (Å²) in [6.07, 6.45) is 0. The Morgan fingerprint density at radius 1 is 1.04 bits per heavy atom. The molecule has 2 rings (SSSR count). The van der Waals surface area contributed by atoms with E-state index in [1.807, 2.05) is 6.92 Å². The van der Waals surface area contributed by atoms with E-state index in [1.165, 1.54) is 24.3 Å². The van der Waals surface area contributed by atoms with E-state index in [4.69, 9.17) is 0 Å². The van der Waals surface area contributed by atoms with Crippen molar-refractivity contribution in [2.75, 3.05) is 4.72 Å². The van der Waals surface area contributed by atoms with E-state index in [2.05, 4.69) is 9.46 Å². The van der Waals surface area contributed by atoms with Crippen LogP contribution in [0.5, 0.6) is 5.75 Å². The van der Waals surface area contributed by atoms with Crippen LogP contribution in [0, 0.1) is 20.8 Å². The average molecular weight is 341 g/mol. The van der Waals surface area contributed by atoms with Gasteiger partial charge in [0.1, 0.15) is 5.75 Å². The number of benzene rings is 2. The molecular formula is C16H17F2NO3S. The molecule has 7 heteroatoms. The standard InChI is InChI=1S/C16H17F2NO3S/c1-10-8-11(2)15(12(3)9-10)23(20,21)19-13-6-4-5-7-14(13)22-16(17)18/h4-9,16,19H,1-3H3. The predicted octanol–water partition coefficient (Wildman–Crippen LogP) is 4.01. The van der Waals surface area contributed by atoms with Gasteiger partial charge >= 0.3 is 6.61 Å². The number of rotatable bonds is 5. The fraction of sp³-hybridized carbons (Fsp3) is 0.250. The number of halogens is 2. The number of alkyl halides is 2. The van der Waals surface area contributed by atoms with Crippen LogP contribution in [-0.4, -0.2) is 15.0 Å². The maximum absolute atomic E-state index is 12.6. The first-order chi connectivity index (χ1) is 10.7. The number of aryl methyl sites for hydroxylation is 3. The van der Waals surface area contributed by atoms with Gasteiger partial charge in [0.05, 0.1) is 10.6 Å². The Balaban J connectivity index is 2.44. The Bertz CT molecular complexity index is 797. The molecule has 0 heterocycles. The Kier molecular flexibility index (Phi) is 4.89. The molecule has 1 N–H and O–H groups in total.